The van der Waals surface area contributed by atoms with Gasteiger partial charge in [0.05, 0.1) is 41.4 Å². The van der Waals surface area contributed by atoms with Crippen molar-refractivity contribution < 1.29 is 18.6 Å². The Bertz CT molecular complexity index is 1050. The van der Waals surface area contributed by atoms with Crippen LogP contribution in [0.3, 0.4) is 0 Å². The molecule has 0 unspecified atom stereocenters. The molecule has 0 spiro atoms. The van der Waals surface area contributed by atoms with Gasteiger partial charge in [-0.1, -0.05) is 0 Å². The Kier molecular flexibility index (Phi) is 7.16. The number of aromatic nitrogens is 2. The van der Waals surface area contributed by atoms with Crippen molar-refractivity contribution in [1.29, 1.82) is 0 Å². The number of nitrogens with one attached hydrogen (secondary N) is 1. The minimum absolute atomic E-state index is 0.349. The predicted molar refractivity (Wildman–Crippen MR) is 121 cm³/mol. The maximum absolute atomic E-state index is 13.4. The van der Waals surface area contributed by atoms with E-state index in [1.165, 1.54) is 18.5 Å². The summed E-state index contributed by atoms with van der Waals surface area (Å²) < 4.78 is 30.8. The first-order valence-corrected chi connectivity index (χ1v) is 10.9. The normalized spacial score (nSPS) is 14.5. The van der Waals surface area contributed by atoms with Crippen molar-refractivity contribution in [3.63, 3.8) is 0 Å². The number of anilines is 1. The van der Waals surface area contributed by atoms with E-state index in [0.29, 0.717) is 27.2 Å². The summed E-state index contributed by atoms with van der Waals surface area (Å²) in [6, 6.07) is 8.01. The maximum Gasteiger partial charge on any atom is 0.230 e. The summed E-state index contributed by atoms with van der Waals surface area (Å²) in [4.78, 5) is 11.0. The van der Waals surface area contributed by atoms with Gasteiger partial charge in [-0.2, -0.15) is 0 Å². The summed E-state index contributed by atoms with van der Waals surface area (Å²) in [5.41, 5.74) is 1.59. The van der Waals surface area contributed by atoms with Crippen LogP contribution in [0.1, 0.15) is 6.42 Å². The molecule has 4 rings (SSSR count). The van der Waals surface area contributed by atoms with E-state index in [0.717, 1.165) is 57.0 Å². The fraction of sp³-hybridized carbons (Fsp3) is 0.364. The Morgan fingerprint density at radius 2 is 2.00 bits per heavy atom. The SMILES string of the molecule is COc1cc2c(Oc3ccc(F)cc3Br)ncnc2cc1NCCCN1CCOCC1. The van der Waals surface area contributed by atoms with Crippen LogP contribution in [-0.2, 0) is 4.74 Å². The molecule has 0 bridgehead atoms. The van der Waals surface area contributed by atoms with Gasteiger partial charge in [0, 0.05) is 19.6 Å². The van der Waals surface area contributed by atoms with E-state index in [1.807, 2.05) is 12.1 Å². The van der Waals surface area contributed by atoms with Crippen LogP contribution in [0.25, 0.3) is 10.9 Å². The number of methoxy groups -OCH3 is 1. The number of rotatable bonds is 8. The molecule has 9 heteroatoms. The van der Waals surface area contributed by atoms with E-state index in [1.54, 1.807) is 13.2 Å². The highest BCUT2D eigenvalue weighted by atomic mass is 79.9. The number of hydrogen-bond acceptors (Lipinski definition) is 7. The predicted octanol–water partition coefficient (Wildman–Crippen LogP) is 4.47. The topological polar surface area (TPSA) is 68.7 Å². The summed E-state index contributed by atoms with van der Waals surface area (Å²) in [7, 11) is 1.63. The summed E-state index contributed by atoms with van der Waals surface area (Å²) in [5, 5.41) is 4.15. The zero-order valence-electron chi connectivity index (χ0n) is 17.2. The van der Waals surface area contributed by atoms with Crippen LogP contribution < -0.4 is 14.8 Å². The molecule has 3 aromatic rings. The molecule has 2 aromatic carbocycles. The minimum Gasteiger partial charge on any atom is -0.495 e. The van der Waals surface area contributed by atoms with Crippen molar-refractivity contribution in [1.82, 2.24) is 14.9 Å². The molecule has 1 aromatic heterocycles. The molecular formula is C22H24BrFN4O3. The lowest BCUT2D eigenvalue weighted by atomic mass is 10.2. The van der Waals surface area contributed by atoms with Crippen molar-refractivity contribution in [2.45, 2.75) is 6.42 Å². The molecule has 31 heavy (non-hydrogen) atoms. The van der Waals surface area contributed by atoms with Crippen molar-refractivity contribution in [2.75, 3.05) is 51.8 Å². The highest BCUT2D eigenvalue weighted by molar-refractivity contribution is 9.10. The van der Waals surface area contributed by atoms with E-state index < -0.39 is 0 Å². The monoisotopic (exact) mass is 490 g/mol. The highest BCUT2D eigenvalue weighted by Crippen LogP contribution is 2.36. The molecule has 164 valence electrons. The van der Waals surface area contributed by atoms with Gasteiger partial charge in [-0.05, 0) is 59.2 Å². The van der Waals surface area contributed by atoms with Gasteiger partial charge in [0.25, 0.3) is 0 Å². The van der Waals surface area contributed by atoms with Crippen LogP contribution >= 0.6 is 15.9 Å². The third-order valence-corrected chi connectivity index (χ3v) is 5.71. The average molecular weight is 491 g/mol. The molecule has 1 aliphatic rings. The quantitative estimate of drug-likeness (QED) is 0.467. The van der Waals surface area contributed by atoms with Crippen LogP contribution in [0.15, 0.2) is 41.1 Å². The van der Waals surface area contributed by atoms with Crippen LogP contribution in [0, 0.1) is 5.82 Å². The Morgan fingerprint density at radius 1 is 1.16 bits per heavy atom. The van der Waals surface area contributed by atoms with E-state index in [4.69, 9.17) is 14.2 Å². The van der Waals surface area contributed by atoms with Crippen molar-refractivity contribution >= 4 is 32.5 Å². The second kappa shape index (κ2) is 10.2. The number of benzene rings is 2. The third kappa shape index (κ3) is 5.41. The first-order valence-electron chi connectivity index (χ1n) is 10.1. The van der Waals surface area contributed by atoms with Gasteiger partial charge in [-0.15, -0.1) is 0 Å². The zero-order valence-corrected chi connectivity index (χ0v) is 18.8. The van der Waals surface area contributed by atoms with Gasteiger partial charge in [-0.25, -0.2) is 14.4 Å². The van der Waals surface area contributed by atoms with Crippen molar-refractivity contribution in [3.8, 4) is 17.4 Å². The number of nitrogens with zero attached hydrogens (tertiary/aromatic N) is 3. The Balaban J connectivity index is 1.49. The zero-order chi connectivity index (χ0) is 21.6. The molecular weight excluding hydrogens is 467 g/mol. The summed E-state index contributed by atoms with van der Waals surface area (Å²) in [6.45, 7) is 5.44. The molecule has 0 saturated carbocycles. The van der Waals surface area contributed by atoms with Crippen molar-refractivity contribution in [3.05, 3.63) is 46.9 Å². The van der Waals surface area contributed by atoms with E-state index in [-0.39, 0.29) is 5.82 Å². The molecule has 1 saturated heterocycles. The van der Waals surface area contributed by atoms with Gasteiger partial charge in [-0.3, -0.25) is 4.90 Å². The molecule has 0 radical (unpaired) electrons. The van der Waals surface area contributed by atoms with Crippen LogP contribution in [0.4, 0.5) is 10.1 Å². The fourth-order valence-electron chi connectivity index (χ4n) is 3.46. The van der Waals surface area contributed by atoms with Gasteiger partial charge < -0.3 is 19.5 Å². The van der Waals surface area contributed by atoms with Gasteiger partial charge in [0.1, 0.15) is 23.6 Å². The Morgan fingerprint density at radius 3 is 2.77 bits per heavy atom. The lowest BCUT2D eigenvalue weighted by Crippen LogP contribution is -2.37. The molecule has 1 fully saturated rings. The fourth-order valence-corrected chi connectivity index (χ4v) is 3.89. The number of morpholine rings is 1. The smallest absolute Gasteiger partial charge is 0.230 e. The maximum atomic E-state index is 13.4. The van der Waals surface area contributed by atoms with E-state index >= 15 is 0 Å². The van der Waals surface area contributed by atoms with Gasteiger partial charge in [0.2, 0.25) is 5.88 Å². The second-order valence-electron chi connectivity index (χ2n) is 7.16. The number of fused-ring (bicyclic) bond motifs is 1. The van der Waals surface area contributed by atoms with Crippen LogP contribution in [0.5, 0.6) is 17.4 Å². The van der Waals surface area contributed by atoms with Gasteiger partial charge >= 0.3 is 0 Å². The largest absolute Gasteiger partial charge is 0.495 e. The molecule has 0 amide bonds. The molecule has 1 aliphatic heterocycles. The minimum atomic E-state index is -0.349. The summed E-state index contributed by atoms with van der Waals surface area (Å²) in [5.74, 6) is 1.16. The van der Waals surface area contributed by atoms with Crippen molar-refractivity contribution in [2.24, 2.45) is 0 Å². The summed E-state index contributed by atoms with van der Waals surface area (Å²) >= 11 is 3.32. The lowest BCUT2D eigenvalue weighted by Gasteiger charge is -2.26. The van der Waals surface area contributed by atoms with Crippen LogP contribution in [-0.4, -0.2) is 61.4 Å². The standard InChI is InChI=1S/C22H24BrFN4O3/c1-29-21-12-16-18(13-19(21)25-5-2-6-28-7-9-30-10-8-28)26-14-27-22(16)31-20-4-3-15(24)11-17(20)23/h3-4,11-14,25H,2,5-10H2,1H3. The number of ether oxygens (including phenoxy) is 3. The average Bonchev–Trinajstić information content (AvgIpc) is 2.79. The first-order chi connectivity index (χ1) is 15.1. The lowest BCUT2D eigenvalue weighted by molar-refractivity contribution is 0.0378. The third-order valence-electron chi connectivity index (χ3n) is 5.09. The summed E-state index contributed by atoms with van der Waals surface area (Å²) in [6.07, 6.45) is 2.46. The first kappa shape index (κ1) is 21.7. The van der Waals surface area contributed by atoms with Crippen LogP contribution in [0.2, 0.25) is 0 Å². The molecule has 2 heterocycles. The molecule has 7 nitrogen and oxygen atoms in total. The Hall–Kier alpha value is -2.49. The second-order valence-corrected chi connectivity index (χ2v) is 8.01. The Labute approximate surface area is 188 Å². The van der Waals surface area contributed by atoms with E-state index in [9.17, 15) is 4.39 Å². The number of halogens is 2. The molecule has 1 N–H and O–H groups in total. The molecule has 0 aliphatic carbocycles. The van der Waals surface area contributed by atoms with Gasteiger partial charge in [0.15, 0.2) is 0 Å². The molecule has 0 atom stereocenters. The highest BCUT2D eigenvalue weighted by Gasteiger charge is 2.14. The van der Waals surface area contributed by atoms with E-state index in [2.05, 4.69) is 36.1 Å². The number of hydrogen-bond donors (Lipinski definition) is 1.